The normalized spacial score (nSPS) is 9.89. The van der Waals surface area contributed by atoms with E-state index in [-0.39, 0.29) is 30.9 Å². The number of amides is 1. The molecule has 1 heterocycles. The molecule has 0 fully saturated rings. The highest BCUT2D eigenvalue weighted by Crippen LogP contribution is 2.01. The number of ether oxygens (including phenoxy) is 1. The lowest BCUT2D eigenvalue weighted by Gasteiger charge is -2.01. The van der Waals surface area contributed by atoms with Gasteiger partial charge in [-0.1, -0.05) is 5.16 Å². The molecule has 1 N–H and O–H groups in total. The van der Waals surface area contributed by atoms with Gasteiger partial charge in [-0.15, -0.1) is 0 Å². The van der Waals surface area contributed by atoms with Gasteiger partial charge < -0.3 is 14.6 Å². The molecule has 0 spiro atoms. The van der Waals surface area contributed by atoms with Gasteiger partial charge in [-0.05, 0) is 6.92 Å². The van der Waals surface area contributed by atoms with Crippen LogP contribution in [0, 0.1) is 6.92 Å². The van der Waals surface area contributed by atoms with E-state index in [2.05, 4.69) is 15.2 Å². The van der Waals surface area contributed by atoms with Crippen LogP contribution in [0.3, 0.4) is 0 Å². The molecular weight excluding hydrogens is 240 g/mol. The fourth-order valence-electron chi connectivity index (χ4n) is 1.17. The van der Waals surface area contributed by atoms with Crippen molar-refractivity contribution in [1.82, 2.24) is 10.5 Å². The highest BCUT2D eigenvalue weighted by molar-refractivity contribution is 5.95. The highest BCUT2D eigenvalue weighted by atomic mass is 16.5. The Morgan fingerprint density at radius 2 is 2.11 bits per heavy atom. The summed E-state index contributed by atoms with van der Waals surface area (Å²) >= 11 is 0. The Hall–Kier alpha value is -2.18. The van der Waals surface area contributed by atoms with Crippen molar-refractivity contribution < 1.29 is 23.6 Å². The molecule has 0 bridgehead atoms. The maximum Gasteiger partial charge on any atom is 0.305 e. The zero-order valence-corrected chi connectivity index (χ0v) is 10.2. The van der Waals surface area contributed by atoms with Crippen molar-refractivity contribution in [3.63, 3.8) is 0 Å². The van der Waals surface area contributed by atoms with Crippen LogP contribution in [0.1, 0.15) is 29.1 Å². The first kappa shape index (κ1) is 13.9. The lowest BCUT2D eigenvalue weighted by atomic mass is 10.2. The number of nitrogens with one attached hydrogen (secondary N) is 1. The Balaban J connectivity index is 2.30. The first-order chi connectivity index (χ1) is 8.52. The second-order valence-electron chi connectivity index (χ2n) is 3.62. The molecule has 0 atom stereocenters. The van der Waals surface area contributed by atoms with Crippen LogP contribution in [0.5, 0.6) is 0 Å². The summed E-state index contributed by atoms with van der Waals surface area (Å²) in [5.41, 5.74) is 0.119. The number of nitrogens with zero attached hydrogens (tertiary/aromatic N) is 1. The Labute approximate surface area is 103 Å². The van der Waals surface area contributed by atoms with Crippen LogP contribution in [0.15, 0.2) is 10.6 Å². The lowest BCUT2D eigenvalue weighted by molar-refractivity contribution is -0.141. The summed E-state index contributed by atoms with van der Waals surface area (Å²) in [4.78, 5) is 33.6. The van der Waals surface area contributed by atoms with E-state index >= 15 is 0 Å². The van der Waals surface area contributed by atoms with Gasteiger partial charge >= 0.3 is 5.97 Å². The fourth-order valence-corrected chi connectivity index (χ4v) is 1.17. The molecule has 1 amide bonds. The Bertz CT molecular complexity index is 452. The van der Waals surface area contributed by atoms with E-state index in [1.165, 1.54) is 13.2 Å². The molecule has 0 radical (unpaired) electrons. The summed E-state index contributed by atoms with van der Waals surface area (Å²) in [6.45, 7) is 1.51. The van der Waals surface area contributed by atoms with Crippen LogP contribution < -0.4 is 5.32 Å². The second-order valence-corrected chi connectivity index (χ2v) is 3.62. The summed E-state index contributed by atoms with van der Waals surface area (Å²) in [5.74, 6) is -0.689. The largest absolute Gasteiger partial charge is 0.469 e. The molecule has 0 aromatic carbocycles. The summed E-state index contributed by atoms with van der Waals surface area (Å²) < 4.78 is 9.13. The Kier molecular flexibility index (Phi) is 5.04. The third-order valence-electron chi connectivity index (χ3n) is 2.14. The number of rotatable bonds is 6. The number of ketones is 1. The molecule has 98 valence electrons. The number of Topliss-reactive ketones (excluding diaryl/α,β-unsaturated/α-hetero) is 1. The second kappa shape index (κ2) is 6.53. The van der Waals surface area contributed by atoms with Crippen molar-refractivity contribution in [3.05, 3.63) is 17.5 Å². The zero-order chi connectivity index (χ0) is 13.5. The van der Waals surface area contributed by atoms with Crippen molar-refractivity contribution in [3.8, 4) is 0 Å². The van der Waals surface area contributed by atoms with E-state index in [4.69, 9.17) is 4.52 Å². The van der Waals surface area contributed by atoms with Gasteiger partial charge in [-0.2, -0.15) is 0 Å². The number of aromatic nitrogens is 1. The molecule has 0 saturated heterocycles. The van der Waals surface area contributed by atoms with Crippen molar-refractivity contribution in [1.29, 1.82) is 0 Å². The zero-order valence-electron chi connectivity index (χ0n) is 10.2. The third kappa shape index (κ3) is 4.36. The first-order valence-corrected chi connectivity index (χ1v) is 5.33. The van der Waals surface area contributed by atoms with Crippen LogP contribution in [-0.2, 0) is 14.3 Å². The first-order valence-electron chi connectivity index (χ1n) is 5.33. The maximum atomic E-state index is 11.5. The number of esters is 1. The van der Waals surface area contributed by atoms with Crippen LogP contribution in [0.25, 0.3) is 0 Å². The molecule has 1 aromatic rings. The number of carbonyl (C=O) groups excluding carboxylic acids is 3. The molecule has 1 aromatic heterocycles. The Morgan fingerprint density at radius 1 is 1.39 bits per heavy atom. The van der Waals surface area contributed by atoms with E-state index in [1.54, 1.807) is 6.92 Å². The summed E-state index contributed by atoms with van der Waals surface area (Å²) in [7, 11) is 1.25. The average molecular weight is 254 g/mol. The van der Waals surface area contributed by atoms with Crippen molar-refractivity contribution in [2.45, 2.75) is 19.8 Å². The van der Waals surface area contributed by atoms with Crippen molar-refractivity contribution in [2.75, 3.05) is 13.7 Å². The number of aryl methyl sites for hydroxylation is 1. The number of carbonyl (C=O) groups is 3. The quantitative estimate of drug-likeness (QED) is 0.730. The van der Waals surface area contributed by atoms with Crippen LogP contribution in [-0.4, -0.2) is 36.5 Å². The van der Waals surface area contributed by atoms with Crippen LogP contribution >= 0.6 is 0 Å². The predicted octanol–water partition coefficient (Wildman–Crippen LogP) is 0.235. The minimum absolute atomic E-state index is 0.00821. The summed E-state index contributed by atoms with van der Waals surface area (Å²) in [6.07, 6.45) is 0.0407. The highest BCUT2D eigenvalue weighted by Gasteiger charge is 2.13. The summed E-state index contributed by atoms with van der Waals surface area (Å²) in [5, 5.41) is 5.90. The van der Waals surface area contributed by atoms with Crippen LogP contribution in [0.4, 0.5) is 0 Å². The monoisotopic (exact) mass is 254 g/mol. The van der Waals surface area contributed by atoms with Gasteiger partial charge in [0.05, 0.1) is 20.1 Å². The maximum absolute atomic E-state index is 11.5. The van der Waals surface area contributed by atoms with E-state index in [1.807, 2.05) is 0 Å². The molecule has 0 aliphatic rings. The molecule has 1 rings (SSSR count). The van der Waals surface area contributed by atoms with Crippen molar-refractivity contribution >= 4 is 17.7 Å². The SMILES string of the molecule is COC(=O)CCC(=O)CNC(=O)c1cc(C)on1. The standard InChI is InChI=1S/C11H14N2O5/c1-7-5-9(13-18-7)11(16)12-6-8(14)3-4-10(15)17-2/h5H,3-4,6H2,1-2H3,(H,12,16). The third-order valence-corrected chi connectivity index (χ3v) is 2.14. The fraction of sp³-hybridized carbons (Fsp3) is 0.455. The van der Waals surface area contributed by atoms with Gasteiger partial charge in [-0.25, -0.2) is 0 Å². The smallest absolute Gasteiger partial charge is 0.305 e. The van der Waals surface area contributed by atoms with Gasteiger partial charge in [0.2, 0.25) is 0 Å². The van der Waals surface area contributed by atoms with E-state index in [0.717, 1.165) is 0 Å². The van der Waals surface area contributed by atoms with Gasteiger partial charge in [0.15, 0.2) is 11.5 Å². The minimum atomic E-state index is -0.488. The molecule has 7 heteroatoms. The van der Waals surface area contributed by atoms with E-state index in [9.17, 15) is 14.4 Å². The van der Waals surface area contributed by atoms with Gasteiger partial charge in [0.25, 0.3) is 5.91 Å². The minimum Gasteiger partial charge on any atom is -0.469 e. The number of hydrogen-bond acceptors (Lipinski definition) is 6. The lowest BCUT2D eigenvalue weighted by Crippen LogP contribution is -2.29. The topological polar surface area (TPSA) is 98.5 Å². The molecule has 18 heavy (non-hydrogen) atoms. The molecule has 0 aliphatic carbocycles. The van der Waals surface area contributed by atoms with Gasteiger partial charge in [0.1, 0.15) is 5.76 Å². The van der Waals surface area contributed by atoms with Crippen molar-refractivity contribution in [2.24, 2.45) is 0 Å². The molecule has 0 aliphatic heterocycles. The molecule has 7 nitrogen and oxygen atoms in total. The molecule has 0 saturated carbocycles. The number of hydrogen-bond donors (Lipinski definition) is 1. The predicted molar refractivity (Wildman–Crippen MR) is 59.8 cm³/mol. The molecule has 0 unspecified atom stereocenters. The Morgan fingerprint density at radius 3 is 2.67 bits per heavy atom. The van der Waals surface area contributed by atoms with Gasteiger partial charge in [0, 0.05) is 12.5 Å². The number of methoxy groups -OCH3 is 1. The van der Waals surface area contributed by atoms with E-state index in [0.29, 0.717) is 5.76 Å². The molecular formula is C11H14N2O5. The average Bonchev–Trinajstić information content (AvgIpc) is 2.79. The summed E-state index contributed by atoms with van der Waals surface area (Å²) in [6, 6.07) is 1.47. The van der Waals surface area contributed by atoms with E-state index < -0.39 is 11.9 Å². The van der Waals surface area contributed by atoms with Crippen LogP contribution in [0.2, 0.25) is 0 Å². The van der Waals surface area contributed by atoms with Gasteiger partial charge in [-0.3, -0.25) is 14.4 Å².